The van der Waals surface area contributed by atoms with Crippen molar-refractivity contribution in [2.45, 2.75) is 0 Å². The van der Waals surface area contributed by atoms with Crippen LogP contribution in [0.4, 0.5) is 17.3 Å². The smallest absolute Gasteiger partial charge is 0.274 e. The van der Waals surface area contributed by atoms with Crippen molar-refractivity contribution < 1.29 is 4.79 Å². The lowest BCUT2D eigenvalue weighted by molar-refractivity contribution is 0.102. The van der Waals surface area contributed by atoms with Crippen molar-refractivity contribution in [1.82, 2.24) is 9.97 Å². The fraction of sp³-hybridized carbons (Fsp3) is 0. The Hall–Kier alpha value is -3.14. The number of nitriles is 1. The predicted octanol–water partition coefficient (Wildman–Crippen LogP) is 4.65. The lowest BCUT2D eigenvalue weighted by Gasteiger charge is -2.10. The minimum atomic E-state index is -0.476. The molecule has 0 fully saturated rings. The monoisotopic (exact) mass is 383 g/mol. The van der Waals surface area contributed by atoms with Crippen LogP contribution in [0.25, 0.3) is 0 Å². The third-order valence-electron chi connectivity index (χ3n) is 3.34. The fourth-order valence-electron chi connectivity index (χ4n) is 2.14. The van der Waals surface area contributed by atoms with E-state index in [1.807, 2.05) is 0 Å². The average Bonchev–Trinajstić information content (AvgIpc) is 2.65. The number of rotatable bonds is 4. The summed E-state index contributed by atoms with van der Waals surface area (Å²) in [6, 6.07) is 15.3. The van der Waals surface area contributed by atoms with Crippen LogP contribution in [0, 0.1) is 11.3 Å². The number of nitrogens with zero attached hydrogens (tertiary/aromatic N) is 3. The van der Waals surface area contributed by atoms with Gasteiger partial charge in [0.2, 0.25) is 5.95 Å². The van der Waals surface area contributed by atoms with E-state index in [1.54, 1.807) is 42.5 Å². The second-order valence-electron chi connectivity index (χ2n) is 5.13. The van der Waals surface area contributed by atoms with Crippen molar-refractivity contribution in [3.63, 3.8) is 0 Å². The summed E-state index contributed by atoms with van der Waals surface area (Å²) in [5.41, 5.74) is 1.58. The van der Waals surface area contributed by atoms with Gasteiger partial charge in [-0.25, -0.2) is 9.97 Å². The van der Waals surface area contributed by atoms with E-state index in [2.05, 4.69) is 26.7 Å². The number of halogens is 2. The summed E-state index contributed by atoms with van der Waals surface area (Å²) in [5, 5.41) is 15.2. The van der Waals surface area contributed by atoms with Crippen molar-refractivity contribution >= 4 is 46.4 Å². The molecule has 6 nitrogen and oxygen atoms in total. The number of hydrogen-bond acceptors (Lipinski definition) is 5. The highest BCUT2D eigenvalue weighted by Crippen LogP contribution is 2.30. The zero-order valence-corrected chi connectivity index (χ0v) is 14.7. The molecular formula is C18H11Cl2N5O. The number of carbonyl (C=O) groups is 1. The van der Waals surface area contributed by atoms with E-state index in [0.717, 1.165) is 0 Å². The van der Waals surface area contributed by atoms with E-state index in [1.165, 1.54) is 12.3 Å². The van der Waals surface area contributed by atoms with Crippen LogP contribution in [0.15, 0.2) is 54.7 Å². The normalized spacial score (nSPS) is 10.0. The van der Waals surface area contributed by atoms with Gasteiger partial charge in [-0.05, 0) is 36.4 Å². The van der Waals surface area contributed by atoms with Crippen molar-refractivity contribution in [3.05, 3.63) is 76.0 Å². The first-order valence-corrected chi connectivity index (χ1v) is 8.18. The molecule has 8 heteroatoms. The molecule has 2 N–H and O–H groups in total. The van der Waals surface area contributed by atoms with Crippen molar-refractivity contribution in [2.24, 2.45) is 0 Å². The average molecular weight is 384 g/mol. The van der Waals surface area contributed by atoms with E-state index in [0.29, 0.717) is 27.0 Å². The Balaban J connectivity index is 1.80. The molecule has 0 saturated carbocycles. The molecule has 0 spiro atoms. The standard InChI is InChI=1S/C18H11Cl2N5O/c19-13-5-2-6-14(20)16(13)25-17(26)15-7-8-22-18(24-15)23-12-4-1-3-11(9-12)10-21/h1-9H,(H,25,26)(H,22,23,24). The Morgan fingerprint density at radius 1 is 1.08 bits per heavy atom. The SMILES string of the molecule is N#Cc1cccc(Nc2nccc(C(=O)Nc3c(Cl)cccc3Cl)n2)c1. The highest BCUT2D eigenvalue weighted by atomic mass is 35.5. The van der Waals surface area contributed by atoms with Crippen molar-refractivity contribution in [2.75, 3.05) is 10.6 Å². The summed E-state index contributed by atoms with van der Waals surface area (Å²) in [5.74, 6) is -0.255. The third-order valence-corrected chi connectivity index (χ3v) is 3.97. The number of nitrogens with one attached hydrogen (secondary N) is 2. The van der Waals surface area contributed by atoms with E-state index in [4.69, 9.17) is 28.5 Å². The maximum absolute atomic E-state index is 12.4. The summed E-state index contributed by atoms with van der Waals surface area (Å²) in [6.07, 6.45) is 1.45. The molecule has 0 radical (unpaired) electrons. The van der Waals surface area contributed by atoms with Crippen LogP contribution in [0.2, 0.25) is 10.0 Å². The first-order chi connectivity index (χ1) is 12.6. The Bertz CT molecular complexity index is 996. The molecule has 3 aromatic rings. The van der Waals surface area contributed by atoms with Gasteiger partial charge >= 0.3 is 0 Å². The number of aromatic nitrogens is 2. The molecule has 0 aliphatic carbocycles. The predicted molar refractivity (Wildman–Crippen MR) is 101 cm³/mol. The van der Waals surface area contributed by atoms with E-state index < -0.39 is 5.91 Å². The molecule has 128 valence electrons. The molecule has 1 amide bonds. The quantitative estimate of drug-likeness (QED) is 0.683. The number of carbonyl (C=O) groups excluding carboxylic acids is 1. The summed E-state index contributed by atoms with van der Waals surface area (Å²) >= 11 is 12.1. The Morgan fingerprint density at radius 2 is 1.81 bits per heavy atom. The van der Waals surface area contributed by atoms with Gasteiger partial charge < -0.3 is 10.6 Å². The van der Waals surface area contributed by atoms with Gasteiger partial charge in [0.25, 0.3) is 5.91 Å². The van der Waals surface area contributed by atoms with Crippen LogP contribution in [-0.2, 0) is 0 Å². The van der Waals surface area contributed by atoms with E-state index >= 15 is 0 Å². The molecule has 0 aliphatic rings. The number of amides is 1. The van der Waals surface area contributed by atoms with Crippen LogP contribution >= 0.6 is 23.2 Å². The van der Waals surface area contributed by atoms with Crippen LogP contribution in [0.3, 0.4) is 0 Å². The van der Waals surface area contributed by atoms with Crippen LogP contribution in [0.5, 0.6) is 0 Å². The molecule has 26 heavy (non-hydrogen) atoms. The van der Waals surface area contributed by atoms with Gasteiger partial charge in [0.15, 0.2) is 0 Å². The summed E-state index contributed by atoms with van der Waals surface area (Å²) in [4.78, 5) is 20.7. The Morgan fingerprint density at radius 3 is 2.54 bits per heavy atom. The van der Waals surface area contributed by atoms with Gasteiger partial charge in [0, 0.05) is 11.9 Å². The van der Waals surface area contributed by atoms with Gasteiger partial charge in [-0.3, -0.25) is 4.79 Å². The summed E-state index contributed by atoms with van der Waals surface area (Å²) < 4.78 is 0. The van der Waals surface area contributed by atoms with Crippen molar-refractivity contribution in [1.29, 1.82) is 5.26 Å². The maximum Gasteiger partial charge on any atom is 0.274 e. The Labute approximate surface area is 159 Å². The molecular weight excluding hydrogens is 373 g/mol. The minimum Gasteiger partial charge on any atom is -0.324 e. The van der Waals surface area contributed by atoms with Crippen LogP contribution in [0.1, 0.15) is 16.1 Å². The topological polar surface area (TPSA) is 90.7 Å². The number of anilines is 3. The third kappa shape index (κ3) is 4.09. The zero-order chi connectivity index (χ0) is 18.5. The van der Waals surface area contributed by atoms with Gasteiger partial charge in [0.05, 0.1) is 27.4 Å². The van der Waals surface area contributed by atoms with Crippen LogP contribution in [-0.4, -0.2) is 15.9 Å². The van der Waals surface area contributed by atoms with Gasteiger partial charge in [-0.15, -0.1) is 0 Å². The molecule has 2 aromatic carbocycles. The maximum atomic E-state index is 12.4. The lowest BCUT2D eigenvalue weighted by atomic mass is 10.2. The van der Waals surface area contributed by atoms with Gasteiger partial charge in [-0.1, -0.05) is 35.3 Å². The largest absolute Gasteiger partial charge is 0.324 e. The lowest BCUT2D eigenvalue weighted by Crippen LogP contribution is -2.15. The second kappa shape index (κ2) is 7.83. The number of hydrogen-bond donors (Lipinski definition) is 2. The highest BCUT2D eigenvalue weighted by molar-refractivity contribution is 6.40. The second-order valence-corrected chi connectivity index (χ2v) is 5.95. The summed E-state index contributed by atoms with van der Waals surface area (Å²) in [7, 11) is 0. The molecule has 1 aromatic heterocycles. The van der Waals surface area contributed by atoms with Crippen LogP contribution < -0.4 is 10.6 Å². The number of para-hydroxylation sites is 1. The molecule has 0 bridgehead atoms. The first kappa shape index (κ1) is 17.7. The molecule has 0 aliphatic heterocycles. The molecule has 0 saturated heterocycles. The Kier molecular flexibility index (Phi) is 5.32. The molecule has 1 heterocycles. The molecule has 0 unspecified atom stereocenters. The molecule has 0 atom stereocenters. The van der Waals surface area contributed by atoms with E-state index in [9.17, 15) is 4.79 Å². The zero-order valence-electron chi connectivity index (χ0n) is 13.2. The van der Waals surface area contributed by atoms with Gasteiger partial charge in [0.1, 0.15) is 5.69 Å². The number of benzene rings is 2. The van der Waals surface area contributed by atoms with Gasteiger partial charge in [-0.2, -0.15) is 5.26 Å². The van der Waals surface area contributed by atoms with Crippen molar-refractivity contribution in [3.8, 4) is 6.07 Å². The van der Waals surface area contributed by atoms with E-state index in [-0.39, 0.29) is 11.6 Å². The first-order valence-electron chi connectivity index (χ1n) is 7.42. The highest BCUT2D eigenvalue weighted by Gasteiger charge is 2.13. The fourth-order valence-corrected chi connectivity index (χ4v) is 2.63. The minimum absolute atomic E-state index is 0.134. The summed E-state index contributed by atoms with van der Waals surface area (Å²) in [6.45, 7) is 0. The molecule has 3 rings (SSSR count).